The van der Waals surface area contributed by atoms with E-state index in [0.29, 0.717) is 0 Å². The minimum atomic E-state index is 0.755. The van der Waals surface area contributed by atoms with Crippen molar-refractivity contribution in [1.29, 1.82) is 0 Å². The molecule has 4 nitrogen and oxygen atoms in total. The Morgan fingerprint density at radius 1 is 1.47 bits per heavy atom. The monoisotopic (exact) mass is 202 g/mol. The molecule has 1 atom stereocenters. The van der Waals surface area contributed by atoms with Crippen molar-refractivity contribution in [3.8, 4) is 0 Å². The highest BCUT2D eigenvalue weighted by molar-refractivity contribution is 5.30. The lowest BCUT2D eigenvalue weighted by Crippen LogP contribution is -2.11. The van der Waals surface area contributed by atoms with Gasteiger partial charge in [-0.15, -0.1) is 0 Å². The van der Waals surface area contributed by atoms with Crippen LogP contribution in [0, 0.1) is 5.92 Å². The van der Waals surface area contributed by atoms with Gasteiger partial charge in [-0.05, 0) is 37.9 Å². The number of hydrogen-bond acceptors (Lipinski definition) is 3. The van der Waals surface area contributed by atoms with E-state index in [1.807, 2.05) is 18.5 Å². The Bertz CT molecular complexity index is 456. The lowest BCUT2D eigenvalue weighted by molar-refractivity contribution is 0.569. The molecule has 0 bridgehead atoms. The molecule has 2 aromatic heterocycles. The summed E-state index contributed by atoms with van der Waals surface area (Å²) in [5.41, 5.74) is 1.27. The Kier molecular flexibility index (Phi) is 2.14. The van der Waals surface area contributed by atoms with Gasteiger partial charge in [0.05, 0.1) is 6.20 Å². The summed E-state index contributed by atoms with van der Waals surface area (Å²) in [5.74, 6) is 1.56. The van der Waals surface area contributed by atoms with Crippen LogP contribution in [-0.4, -0.2) is 27.5 Å². The van der Waals surface area contributed by atoms with E-state index in [9.17, 15) is 0 Å². The Balaban J connectivity index is 1.90. The molecule has 3 rings (SSSR count). The highest BCUT2D eigenvalue weighted by Crippen LogP contribution is 2.15. The van der Waals surface area contributed by atoms with Gasteiger partial charge in [-0.1, -0.05) is 0 Å². The fourth-order valence-corrected chi connectivity index (χ4v) is 2.21. The first kappa shape index (κ1) is 8.85. The molecule has 1 N–H and O–H groups in total. The van der Waals surface area contributed by atoms with Crippen molar-refractivity contribution in [3.05, 3.63) is 30.4 Å². The van der Waals surface area contributed by atoms with Crippen molar-refractivity contribution in [2.75, 3.05) is 13.1 Å². The fraction of sp³-hybridized carbons (Fsp3) is 0.455. The van der Waals surface area contributed by atoms with Crippen LogP contribution in [0.5, 0.6) is 0 Å². The minimum Gasteiger partial charge on any atom is -0.316 e. The third-order valence-electron chi connectivity index (χ3n) is 3.03. The lowest BCUT2D eigenvalue weighted by atomic mass is 10.0. The predicted octanol–water partition coefficient (Wildman–Crippen LogP) is 0.881. The maximum Gasteiger partial charge on any atom is 0.233 e. The number of aromatic nitrogens is 3. The van der Waals surface area contributed by atoms with Gasteiger partial charge in [-0.25, -0.2) is 9.97 Å². The average Bonchev–Trinajstić information content (AvgIpc) is 2.89. The lowest BCUT2D eigenvalue weighted by Gasteiger charge is -2.06. The van der Waals surface area contributed by atoms with Gasteiger partial charge in [0.2, 0.25) is 5.78 Å². The molecule has 0 amide bonds. The summed E-state index contributed by atoms with van der Waals surface area (Å²) in [6.45, 7) is 2.28. The van der Waals surface area contributed by atoms with Gasteiger partial charge >= 0.3 is 0 Å². The second kappa shape index (κ2) is 3.62. The van der Waals surface area contributed by atoms with Gasteiger partial charge in [-0.3, -0.25) is 4.40 Å². The third kappa shape index (κ3) is 1.61. The summed E-state index contributed by atoms with van der Waals surface area (Å²) in [6, 6.07) is 1.95. The van der Waals surface area contributed by atoms with E-state index in [4.69, 9.17) is 0 Å². The molecule has 0 aromatic carbocycles. The smallest absolute Gasteiger partial charge is 0.233 e. The summed E-state index contributed by atoms with van der Waals surface area (Å²) in [5, 5.41) is 3.39. The van der Waals surface area contributed by atoms with Gasteiger partial charge in [0.15, 0.2) is 0 Å². The van der Waals surface area contributed by atoms with Crippen molar-refractivity contribution in [1.82, 2.24) is 19.7 Å². The molecule has 1 saturated heterocycles. The zero-order valence-corrected chi connectivity index (χ0v) is 8.56. The normalized spacial score (nSPS) is 21.2. The van der Waals surface area contributed by atoms with Crippen molar-refractivity contribution in [2.24, 2.45) is 5.92 Å². The molecular formula is C11H14N4. The van der Waals surface area contributed by atoms with E-state index >= 15 is 0 Å². The highest BCUT2D eigenvalue weighted by Gasteiger charge is 2.16. The molecular weight excluding hydrogens is 188 g/mol. The van der Waals surface area contributed by atoms with Crippen LogP contribution in [0.1, 0.15) is 12.1 Å². The number of fused-ring (bicyclic) bond motifs is 1. The second-order valence-electron chi connectivity index (χ2n) is 4.10. The molecule has 1 unspecified atom stereocenters. The van der Waals surface area contributed by atoms with Gasteiger partial charge < -0.3 is 5.32 Å². The summed E-state index contributed by atoms with van der Waals surface area (Å²) in [6.07, 6.45) is 8.13. The Labute approximate surface area is 88.4 Å². The summed E-state index contributed by atoms with van der Waals surface area (Å²) in [4.78, 5) is 8.50. The molecule has 15 heavy (non-hydrogen) atoms. The molecule has 1 aliphatic rings. The number of imidazole rings is 1. The fourth-order valence-electron chi connectivity index (χ4n) is 2.21. The maximum atomic E-state index is 4.29. The number of rotatable bonds is 2. The van der Waals surface area contributed by atoms with Gasteiger partial charge in [0.1, 0.15) is 0 Å². The highest BCUT2D eigenvalue weighted by atomic mass is 15.1. The van der Waals surface area contributed by atoms with Crippen LogP contribution in [0.25, 0.3) is 5.78 Å². The van der Waals surface area contributed by atoms with E-state index in [1.165, 1.54) is 12.1 Å². The van der Waals surface area contributed by atoms with E-state index in [1.54, 1.807) is 6.20 Å². The maximum absolute atomic E-state index is 4.29. The quantitative estimate of drug-likeness (QED) is 0.786. The molecule has 0 aliphatic carbocycles. The van der Waals surface area contributed by atoms with E-state index in [2.05, 4.69) is 19.7 Å². The first-order chi connectivity index (χ1) is 7.43. The second-order valence-corrected chi connectivity index (χ2v) is 4.10. The van der Waals surface area contributed by atoms with E-state index in [0.717, 1.165) is 31.2 Å². The van der Waals surface area contributed by atoms with Gasteiger partial charge in [0, 0.05) is 18.1 Å². The Hall–Kier alpha value is -1.42. The average molecular weight is 202 g/mol. The molecule has 0 radical (unpaired) electrons. The van der Waals surface area contributed by atoms with Crippen LogP contribution < -0.4 is 5.32 Å². The summed E-state index contributed by atoms with van der Waals surface area (Å²) in [7, 11) is 0. The third-order valence-corrected chi connectivity index (χ3v) is 3.03. The zero-order chi connectivity index (χ0) is 10.1. The Morgan fingerprint density at radius 2 is 2.47 bits per heavy atom. The van der Waals surface area contributed by atoms with Crippen LogP contribution >= 0.6 is 0 Å². The zero-order valence-electron chi connectivity index (χ0n) is 8.56. The van der Waals surface area contributed by atoms with Crippen molar-refractivity contribution in [2.45, 2.75) is 12.8 Å². The van der Waals surface area contributed by atoms with Gasteiger partial charge in [-0.2, -0.15) is 0 Å². The summed E-state index contributed by atoms with van der Waals surface area (Å²) < 4.78 is 2.08. The molecule has 2 aromatic rings. The van der Waals surface area contributed by atoms with Crippen LogP contribution in [0.3, 0.4) is 0 Å². The van der Waals surface area contributed by atoms with E-state index in [-0.39, 0.29) is 0 Å². The molecule has 78 valence electrons. The molecule has 1 aliphatic heterocycles. The van der Waals surface area contributed by atoms with Crippen molar-refractivity contribution in [3.63, 3.8) is 0 Å². The molecule has 0 spiro atoms. The predicted molar refractivity (Wildman–Crippen MR) is 57.7 cm³/mol. The topological polar surface area (TPSA) is 42.2 Å². The van der Waals surface area contributed by atoms with Crippen molar-refractivity contribution >= 4 is 5.78 Å². The first-order valence-corrected chi connectivity index (χ1v) is 5.41. The van der Waals surface area contributed by atoms with Crippen LogP contribution in [0.4, 0.5) is 0 Å². The van der Waals surface area contributed by atoms with Crippen LogP contribution in [0.2, 0.25) is 0 Å². The standard InChI is InChI=1S/C11H14N4/c1-3-13-11-14-8-10(15(11)5-1)6-9-2-4-12-7-9/h1,3,5,8-9,12H,2,4,6-7H2. The number of hydrogen-bond donors (Lipinski definition) is 1. The van der Waals surface area contributed by atoms with Crippen LogP contribution in [-0.2, 0) is 6.42 Å². The largest absolute Gasteiger partial charge is 0.316 e. The summed E-state index contributed by atoms with van der Waals surface area (Å²) >= 11 is 0. The Morgan fingerprint density at radius 3 is 3.33 bits per heavy atom. The van der Waals surface area contributed by atoms with E-state index < -0.39 is 0 Å². The van der Waals surface area contributed by atoms with Crippen LogP contribution in [0.15, 0.2) is 24.7 Å². The molecule has 4 heteroatoms. The molecule has 1 fully saturated rings. The number of nitrogens with zero attached hydrogens (tertiary/aromatic N) is 3. The van der Waals surface area contributed by atoms with Gasteiger partial charge in [0.25, 0.3) is 0 Å². The SMILES string of the molecule is c1cnc2ncc(CC3CCNC3)n2c1. The molecule has 3 heterocycles. The minimum absolute atomic E-state index is 0.755. The number of nitrogens with one attached hydrogen (secondary N) is 1. The first-order valence-electron chi connectivity index (χ1n) is 5.41. The molecule has 0 saturated carbocycles. The van der Waals surface area contributed by atoms with Crippen molar-refractivity contribution < 1.29 is 0 Å².